The van der Waals surface area contributed by atoms with Crippen LogP contribution in [0.25, 0.3) is 0 Å². The van der Waals surface area contributed by atoms with Gasteiger partial charge in [0.15, 0.2) is 0 Å². The molecule has 76 valence electrons. The van der Waals surface area contributed by atoms with Crippen LogP contribution in [0.4, 0.5) is 0 Å². The number of thioether (sulfide) groups is 1. The van der Waals surface area contributed by atoms with Crippen LogP contribution in [-0.2, 0) is 5.41 Å². The van der Waals surface area contributed by atoms with Gasteiger partial charge < -0.3 is 5.73 Å². The van der Waals surface area contributed by atoms with Crippen molar-refractivity contribution in [3.63, 3.8) is 0 Å². The maximum atomic E-state index is 5.92. The first-order valence-electron chi connectivity index (χ1n) is 5.07. The van der Waals surface area contributed by atoms with Gasteiger partial charge in [-0.2, -0.15) is 11.8 Å². The highest BCUT2D eigenvalue weighted by Gasteiger charge is 2.33. The quantitative estimate of drug-likeness (QED) is 0.805. The van der Waals surface area contributed by atoms with E-state index >= 15 is 0 Å². The summed E-state index contributed by atoms with van der Waals surface area (Å²) >= 11 is 2.02. The molecule has 0 spiro atoms. The summed E-state index contributed by atoms with van der Waals surface area (Å²) in [7, 11) is 0. The molecular weight excluding hydrogens is 192 g/mol. The number of pyridine rings is 1. The molecule has 0 aliphatic carbocycles. The standard InChI is InChI=1S/C11H16N2S/c12-9-11(4-7-14-8-5-11)10-3-1-2-6-13-10/h1-3,6H,4-5,7-9,12H2. The summed E-state index contributed by atoms with van der Waals surface area (Å²) in [6.45, 7) is 0.727. The van der Waals surface area contributed by atoms with E-state index in [-0.39, 0.29) is 5.41 Å². The van der Waals surface area contributed by atoms with Crippen molar-refractivity contribution in [1.29, 1.82) is 0 Å². The van der Waals surface area contributed by atoms with Gasteiger partial charge in [0.25, 0.3) is 0 Å². The molecule has 1 aromatic heterocycles. The molecule has 0 bridgehead atoms. The summed E-state index contributed by atoms with van der Waals surface area (Å²) in [5.41, 5.74) is 7.26. The average molecular weight is 208 g/mol. The number of nitrogens with zero attached hydrogens (tertiary/aromatic N) is 1. The predicted octanol–water partition coefficient (Wildman–Crippen LogP) is 1.81. The van der Waals surface area contributed by atoms with Crippen molar-refractivity contribution in [2.45, 2.75) is 18.3 Å². The van der Waals surface area contributed by atoms with Crippen molar-refractivity contribution in [2.75, 3.05) is 18.1 Å². The van der Waals surface area contributed by atoms with Crippen LogP contribution < -0.4 is 5.73 Å². The minimum Gasteiger partial charge on any atom is -0.330 e. The minimum absolute atomic E-state index is 0.159. The lowest BCUT2D eigenvalue weighted by atomic mass is 9.78. The minimum atomic E-state index is 0.159. The van der Waals surface area contributed by atoms with E-state index in [4.69, 9.17) is 5.73 Å². The summed E-state index contributed by atoms with van der Waals surface area (Å²) in [4.78, 5) is 4.46. The van der Waals surface area contributed by atoms with Gasteiger partial charge in [-0.05, 0) is 36.5 Å². The Kier molecular flexibility index (Phi) is 3.08. The molecule has 1 fully saturated rings. The third-order valence-corrected chi connectivity index (χ3v) is 4.03. The van der Waals surface area contributed by atoms with E-state index in [0.717, 1.165) is 6.54 Å². The van der Waals surface area contributed by atoms with E-state index < -0.39 is 0 Å². The Morgan fingerprint density at radius 3 is 2.71 bits per heavy atom. The molecule has 0 atom stereocenters. The second-order valence-corrected chi connectivity index (χ2v) is 5.04. The fraction of sp³-hybridized carbons (Fsp3) is 0.545. The number of hydrogen-bond donors (Lipinski definition) is 1. The maximum absolute atomic E-state index is 5.92. The Morgan fingerprint density at radius 1 is 1.36 bits per heavy atom. The molecule has 1 aliphatic heterocycles. The van der Waals surface area contributed by atoms with Crippen LogP contribution in [0.1, 0.15) is 18.5 Å². The third-order valence-electron chi connectivity index (χ3n) is 3.05. The van der Waals surface area contributed by atoms with E-state index in [1.54, 1.807) is 0 Å². The number of rotatable bonds is 2. The lowest BCUT2D eigenvalue weighted by Gasteiger charge is -2.35. The monoisotopic (exact) mass is 208 g/mol. The first-order chi connectivity index (χ1) is 6.87. The first kappa shape index (κ1) is 9.99. The van der Waals surface area contributed by atoms with Gasteiger partial charge >= 0.3 is 0 Å². The molecule has 0 unspecified atom stereocenters. The van der Waals surface area contributed by atoms with Crippen LogP contribution >= 0.6 is 11.8 Å². The third kappa shape index (κ3) is 1.79. The van der Waals surface area contributed by atoms with Crippen molar-refractivity contribution in [3.05, 3.63) is 30.1 Å². The number of hydrogen-bond acceptors (Lipinski definition) is 3. The molecule has 14 heavy (non-hydrogen) atoms. The Morgan fingerprint density at radius 2 is 2.14 bits per heavy atom. The Bertz CT molecular complexity index is 281. The van der Waals surface area contributed by atoms with Gasteiger partial charge in [0.1, 0.15) is 0 Å². The molecule has 0 radical (unpaired) electrons. The van der Waals surface area contributed by atoms with Crippen LogP contribution in [0.15, 0.2) is 24.4 Å². The lowest BCUT2D eigenvalue weighted by Crippen LogP contribution is -2.39. The SMILES string of the molecule is NCC1(c2ccccn2)CCSCC1. The van der Waals surface area contributed by atoms with Crippen LogP contribution in [0.5, 0.6) is 0 Å². The van der Waals surface area contributed by atoms with Gasteiger partial charge in [-0.1, -0.05) is 6.07 Å². The Balaban J connectivity index is 2.27. The highest BCUT2D eigenvalue weighted by atomic mass is 32.2. The van der Waals surface area contributed by atoms with Gasteiger partial charge in [0, 0.05) is 23.9 Å². The fourth-order valence-electron chi connectivity index (χ4n) is 2.00. The molecule has 2 N–H and O–H groups in total. The summed E-state index contributed by atoms with van der Waals surface area (Å²) in [6.07, 6.45) is 4.21. The number of aromatic nitrogens is 1. The van der Waals surface area contributed by atoms with Crippen LogP contribution in [-0.4, -0.2) is 23.0 Å². The van der Waals surface area contributed by atoms with E-state index in [1.807, 2.05) is 24.0 Å². The maximum Gasteiger partial charge on any atom is 0.0478 e. The molecule has 2 heterocycles. The highest BCUT2D eigenvalue weighted by molar-refractivity contribution is 7.99. The molecule has 1 aromatic rings. The Hall–Kier alpha value is -0.540. The molecule has 1 aliphatic rings. The summed E-state index contributed by atoms with van der Waals surface area (Å²) in [6, 6.07) is 6.13. The largest absolute Gasteiger partial charge is 0.330 e. The molecule has 0 amide bonds. The molecule has 1 saturated heterocycles. The van der Waals surface area contributed by atoms with Gasteiger partial charge in [-0.15, -0.1) is 0 Å². The molecular formula is C11H16N2S. The second kappa shape index (κ2) is 4.32. The van der Waals surface area contributed by atoms with Crippen molar-refractivity contribution in [1.82, 2.24) is 4.98 Å². The zero-order valence-electron chi connectivity index (χ0n) is 8.28. The van der Waals surface area contributed by atoms with Crippen LogP contribution in [0, 0.1) is 0 Å². The van der Waals surface area contributed by atoms with Gasteiger partial charge in [-0.25, -0.2) is 0 Å². The molecule has 0 aromatic carbocycles. The lowest BCUT2D eigenvalue weighted by molar-refractivity contribution is 0.393. The van der Waals surface area contributed by atoms with Gasteiger partial charge in [-0.3, -0.25) is 4.98 Å². The molecule has 2 nitrogen and oxygen atoms in total. The fourth-order valence-corrected chi connectivity index (χ4v) is 3.28. The summed E-state index contributed by atoms with van der Waals surface area (Å²) in [5.74, 6) is 2.43. The van der Waals surface area contributed by atoms with Crippen molar-refractivity contribution in [3.8, 4) is 0 Å². The molecule has 0 saturated carbocycles. The van der Waals surface area contributed by atoms with Crippen molar-refractivity contribution in [2.24, 2.45) is 5.73 Å². The predicted molar refractivity (Wildman–Crippen MR) is 61.5 cm³/mol. The van der Waals surface area contributed by atoms with E-state index in [0.29, 0.717) is 0 Å². The Labute approximate surface area is 89.3 Å². The van der Waals surface area contributed by atoms with E-state index in [1.165, 1.54) is 30.0 Å². The smallest absolute Gasteiger partial charge is 0.0478 e. The van der Waals surface area contributed by atoms with E-state index in [2.05, 4.69) is 17.1 Å². The summed E-state index contributed by atoms with van der Waals surface area (Å²) < 4.78 is 0. The van der Waals surface area contributed by atoms with Crippen molar-refractivity contribution >= 4 is 11.8 Å². The molecule has 3 heteroatoms. The molecule has 2 rings (SSSR count). The zero-order chi connectivity index (χ0) is 9.86. The van der Waals surface area contributed by atoms with Crippen LogP contribution in [0.3, 0.4) is 0 Å². The second-order valence-electron chi connectivity index (χ2n) is 3.81. The average Bonchev–Trinajstić information content (AvgIpc) is 2.31. The highest BCUT2D eigenvalue weighted by Crippen LogP contribution is 2.36. The summed E-state index contributed by atoms with van der Waals surface area (Å²) in [5, 5.41) is 0. The normalized spacial score (nSPS) is 20.6. The first-order valence-corrected chi connectivity index (χ1v) is 6.22. The number of nitrogens with two attached hydrogens (primary N) is 1. The van der Waals surface area contributed by atoms with Gasteiger partial charge in [0.05, 0.1) is 0 Å². The topological polar surface area (TPSA) is 38.9 Å². The van der Waals surface area contributed by atoms with Gasteiger partial charge in [0.2, 0.25) is 0 Å². The zero-order valence-corrected chi connectivity index (χ0v) is 9.09. The van der Waals surface area contributed by atoms with Crippen molar-refractivity contribution < 1.29 is 0 Å². The van der Waals surface area contributed by atoms with Crippen LogP contribution in [0.2, 0.25) is 0 Å². The van der Waals surface area contributed by atoms with E-state index in [9.17, 15) is 0 Å².